The lowest BCUT2D eigenvalue weighted by Gasteiger charge is -2.59. The Bertz CT molecular complexity index is 1590. The highest BCUT2D eigenvalue weighted by atomic mass is 19.1. The van der Waals surface area contributed by atoms with Gasteiger partial charge in [0.1, 0.15) is 11.9 Å². The van der Waals surface area contributed by atoms with Crippen molar-refractivity contribution in [1.82, 2.24) is 9.88 Å². The summed E-state index contributed by atoms with van der Waals surface area (Å²) in [6, 6.07) is 10.7. The highest BCUT2D eigenvalue weighted by molar-refractivity contribution is 5.73. The molecule has 2 aromatic rings. The largest absolute Gasteiger partial charge is 0.461 e. The smallest absolute Gasteiger partial charge is 0.312 e. The maximum absolute atomic E-state index is 14.1. The van der Waals surface area contributed by atoms with Gasteiger partial charge in [-0.15, -0.1) is 0 Å². The first-order valence-electron chi connectivity index (χ1n) is 19.1. The summed E-state index contributed by atoms with van der Waals surface area (Å²) in [6.07, 6.45) is 14.1. The number of rotatable bonds is 7. The number of benzene rings is 1. The minimum absolute atomic E-state index is 0.0121. The van der Waals surface area contributed by atoms with E-state index in [1.807, 2.05) is 36.1 Å². The van der Waals surface area contributed by atoms with E-state index in [4.69, 9.17) is 9.47 Å². The first-order chi connectivity index (χ1) is 23.3. The second-order valence-corrected chi connectivity index (χ2v) is 17.9. The number of carbonyl (C=O) groups excluding carboxylic acids is 2. The van der Waals surface area contributed by atoms with Crippen LogP contribution in [0.2, 0.25) is 0 Å². The van der Waals surface area contributed by atoms with Crippen LogP contribution in [0.1, 0.15) is 109 Å². The molecule has 1 aromatic carbocycles. The van der Waals surface area contributed by atoms with E-state index in [1.165, 1.54) is 51.0 Å². The van der Waals surface area contributed by atoms with E-state index in [0.29, 0.717) is 47.1 Å². The number of pyridine rings is 1. The molecule has 6 fully saturated rings. The van der Waals surface area contributed by atoms with Crippen molar-refractivity contribution in [3.8, 4) is 0 Å². The molecule has 0 bridgehead atoms. The van der Waals surface area contributed by atoms with Crippen LogP contribution in [0.15, 0.2) is 42.6 Å². The maximum Gasteiger partial charge on any atom is 0.312 e. The minimum Gasteiger partial charge on any atom is -0.461 e. The Hall–Kier alpha value is -2.80. The van der Waals surface area contributed by atoms with E-state index >= 15 is 0 Å². The molecule has 8 unspecified atom stereocenters. The average molecular weight is 671 g/mol. The van der Waals surface area contributed by atoms with Gasteiger partial charge in [-0.2, -0.15) is 0 Å². The number of aryl methyl sites for hydroxylation is 1. The molecule has 2 heterocycles. The van der Waals surface area contributed by atoms with Crippen molar-refractivity contribution < 1.29 is 23.5 Å². The Morgan fingerprint density at radius 3 is 2.55 bits per heavy atom. The zero-order valence-electron chi connectivity index (χ0n) is 30.2. The summed E-state index contributed by atoms with van der Waals surface area (Å²) in [6.45, 7) is 11.8. The molecule has 1 amide bonds. The Labute approximate surface area is 291 Å². The zero-order chi connectivity index (χ0) is 34.3. The standard InChI is InChI=1S/C42H55FN2O4/c1-26-18-28(20-29(43)19-26)23-45(27(2)46)24-31-9-10-33-35(48-31)22-34-32-11-12-36-39(3,4)37(49-38(47)21-30-8-6-7-17-44-30)13-14-42(36)25-41(32,42)16-15-40(33,34)5/h6-8,17-20,31-37H,9-16,21-25H2,1-5H3/t31?,32?,33?,34?,35?,36?,37-,40?,41-,42?/m0/s1. The molecule has 8 rings (SSSR count). The van der Waals surface area contributed by atoms with Crippen molar-refractivity contribution >= 4 is 11.9 Å². The quantitative estimate of drug-likeness (QED) is 0.278. The molecule has 6 nitrogen and oxygen atoms in total. The van der Waals surface area contributed by atoms with Gasteiger partial charge in [-0.3, -0.25) is 14.6 Å². The van der Waals surface area contributed by atoms with Gasteiger partial charge in [0, 0.05) is 31.6 Å². The molecule has 0 radical (unpaired) electrons. The summed E-state index contributed by atoms with van der Waals surface area (Å²) in [7, 11) is 0. The predicted octanol–water partition coefficient (Wildman–Crippen LogP) is 8.24. The third-order valence-corrected chi connectivity index (χ3v) is 15.3. The molecule has 7 heteroatoms. The van der Waals surface area contributed by atoms with Gasteiger partial charge >= 0.3 is 5.97 Å². The van der Waals surface area contributed by atoms with Crippen LogP contribution < -0.4 is 0 Å². The molecule has 6 aliphatic rings. The highest BCUT2D eigenvalue weighted by Gasteiger charge is 2.80. The number of nitrogens with zero attached hydrogens (tertiary/aromatic N) is 2. The van der Waals surface area contributed by atoms with Crippen molar-refractivity contribution in [2.45, 2.75) is 130 Å². The summed E-state index contributed by atoms with van der Waals surface area (Å²) < 4.78 is 27.4. The molecular formula is C42H55FN2O4. The molecule has 1 saturated heterocycles. The number of carbonyl (C=O) groups is 2. The second-order valence-electron chi connectivity index (χ2n) is 17.9. The fourth-order valence-corrected chi connectivity index (χ4v) is 13.2. The van der Waals surface area contributed by atoms with E-state index in [9.17, 15) is 14.0 Å². The summed E-state index contributed by atoms with van der Waals surface area (Å²) in [5.74, 6) is 2.22. The molecule has 0 N–H and O–H groups in total. The zero-order valence-corrected chi connectivity index (χ0v) is 30.2. The number of fused-ring (bicyclic) bond motifs is 4. The van der Waals surface area contributed by atoms with Crippen molar-refractivity contribution in [2.75, 3.05) is 6.54 Å². The predicted molar refractivity (Wildman–Crippen MR) is 186 cm³/mol. The van der Waals surface area contributed by atoms with E-state index in [1.54, 1.807) is 19.2 Å². The number of hydrogen-bond donors (Lipinski definition) is 0. The minimum atomic E-state index is -0.252. The maximum atomic E-state index is 14.1. The van der Waals surface area contributed by atoms with E-state index in [-0.39, 0.29) is 47.8 Å². The van der Waals surface area contributed by atoms with Crippen molar-refractivity contribution in [3.05, 3.63) is 65.2 Å². The van der Waals surface area contributed by atoms with Crippen molar-refractivity contribution in [2.24, 2.45) is 45.3 Å². The average Bonchev–Trinajstić information content (AvgIpc) is 3.62. The Kier molecular flexibility index (Phi) is 8.09. The first-order valence-corrected chi connectivity index (χ1v) is 19.1. The van der Waals surface area contributed by atoms with E-state index in [0.717, 1.165) is 42.0 Å². The van der Waals surface area contributed by atoms with Crippen molar-refractivity contribution in [3.63, 3.8) is 0 Å². The number of hydrogen-bond acceptors (Lipinski definition) is 5. The van der Waals surface area contributed by atoms with Gasteiger partial charge in [0.25, 0.3) is 0 Å². The van der Waals surface area contributed by atoms with Crippen LogP contribution in [0.25, 0.3) is 0 Å². The molecule has 5 saturated carbocycles. The second kappa shape index (κ2) is 11.9. The Balaban J connectivity index is 0.938. The molecule has 1 aliphatic heterocycles. The highest BCUT2D eigenvalue weighted by Crippen LogP contribution is 2.87. The van der Waals surface area contributed by atoms with Gasteiger partial charge in [-0.25, -0.2) is 4.39 Å². The Morgan fingerprint density at radius 2 is 1.80 bits per heavy atom. The molecular weight excluding hydrogens is 615 g/mol. The van der Waals surface area contributed by atoms with Crippen LogP contribution in [0.3, 0.4) is 0 Å². The number of esters is 1. The number of amides is 1. The fourth-order valence-electron chi connectivity index (χ4n) is 13.2. The van der Waals surface area contributed by atoms with Gasteiger partial charge in [0.15, 0.2) is 0 Å². The van der Waals surface area contributed by atoms with Crippen LogP contribution in [-0.2, 0) is 32.0 Å². The molecule has 1 aromatic heterocycles. The van der Waals surface area contributed by atoms with Crippen LogP contribution in [0, 0.1) is 58.1 Å². The summed E-state index contributed by atoms with van der Waals surface area (Å²) in [5.41, 5.74) is 3.57. The molecule has 2 spiro atoms. The van der Waals surface area contributed by atoms with E-state index < -0.39 is 0 Å². The lowest BCUT2D eigenvalue weighted by atomic mass is 9.46. The van der Waals surface area contributed by atoms with Gasteiger partial charge in [-0.05, 0) is 146 Å². The van der Waals surface area contributed by atoms with Gasteiger partial charge in [-0.1, -0.05) is 32.9 Å². The molecule has 5 aliphatic carbocycles. The topological polar surface area (TPSA) is 68.7 Å². The van der Waals surface area contributed by atoms with E-state index in [2.05, 4.69) is 25.8 Å². The monoisotopic (exact) mass is 670 g/mol. The lowest BCUT2D eigenvalue weighted by Crippen LogP contribution is -2.55. The van der Waals surface area contributed by atoms with Gasteiger partial charge in [0.05, 0.1) is 24.3 Å². The lowest BCUT2D eigenvalue weighted by molar-refractivity contribution is -0.175. The van der Waals surface area contributed by atoms with Gasteiger partial charge in [0.2, 0.25) is 5.91 Å². The summed E-state index contributed by atoms with van der Waals surface area (Å²) in [5, 5.41) is 0. The van der Waals surface area contributed by atoms with Gasteiger partial charge < -0.3 is 14.4 Å². The normalized spacial score (nSPS) is 39.8. The van der Waals surface area contributed by atoms with Crippen LogP contribution in [-0.4, -0.2) is 46.6 Å². The van der Waals surface area contributed by atoms with Crippen LogP contribution in [0.5, 0.6) is 0 Å². The number of halogens is 1. The van der Waals surface area contributed by atoms with Crippen molar-refractivity contribution in [1.29, 1.82) is 0 Å². The molecule has 49 heavy (non-hydrogen) atoms. The summed E-state index contributed by atoms with van der Waals surface area (Å²) in [4.78, 5) is 32.0. The fraction of sp³-hybridized carbons (Fsp3) is 0.690. The third kappa shape index (κ3) is 5.38. The SMILES string of the molecule is CC(=O)N(Cc1cc(C)cc(F)c1)CC1CCC2C(CC3C4CCC5C(C)(C)[C@@H](OC(=O)Cc6ccccn6)CCC56C[C@@]46CCC23C)O1. The molecule has 10 atom stereocenters. The van der Waals surface area contributed by atoms with Crippen LogP contribution in [0.4, 0.5) is 4.39 Å². The molecule has 264 valence electrons. The summed E-state index contributed by atoms with van der Waals surface area (Å²) >= 11 is 0. The number of ether oxygens (including phenoxy) is 2. The first kappa shape index (κ1) is 33.3. The number of aromatic nitrogens is 1. The third-order valence-electron chi connectivity index (χ3n) is 15.3. The Morgan fingerprint density at radius 1 is 0.980 bits per heavy atom. The van der Waals surface area contributed by atoms with Crippen LogP contribution >= 0.6 is 0 Å².